The van der Waals surface area contributed by atoms with Gasteiger partial charge in [-0.1, -0.05) is 13.0 Å². The molecule has 0 fully saturated rings. The van der Waals surface area contributed by atoms with E-state index in [0.717, 1.165) is 13.1 Å². The average molecular weight is 100 g/mol. The summed E-state index contributed by atoms with van der Waals surface area (Å²) in [4.78, 5) is 0. The van der Waals surface area contributed by atoms with Gasteiger partial charge in [0, 0.05) is 6.54 Å². The van der Waals surface area contributed by atoms with E-state index >= 15 is 0 Å². The molecule has 0 aliphatic rings. The number of likely N-dealkylation sites (N-methyl/N-ethyl adjacent to an activating group) is 1. The molecule has 0 heterocycles. The van der Waals surface area contributed by atoms with Gasteiger partial charge in [-0.3, -0.25) is 0 Å². The second-order valence-electron chi connectivity index (χ2n) is 1.24. The van der Waals surface area contributed by atoms with Crippen molar-refractivity contribution >= 4 is 0 Å². The van der Waals surface area contributed by atoms with Crippen LogP contribution in [0.5, 0.6) is 0 Å². The van der Waals surface area contributed by atoms with Gasteiger partial charge < -0.3 is 11.1 Å². The Balaban J connectivity index is 2.69. The molecule has 2 nitrogen and oxygen atoms in total. The minimum absolute atomic E-state index is 0.882. The van der Waals surface area contributed by atoms with E-state index in [0.29, 0.717) is 0 Å². The number of nitrogens with one attached hydrogen (secondary N) is 1. The van der Waals surface area contributed by atoms with Crippen LogP contribution in [0.25, 0.3) is 0 Å². The first kappa shape index (κ1) is 6.50. The Morgan fingerprint density at radius 1 is 1.71 bits per heavy atom. The predicted molar refractivity (Wildman–Crippen MR) is 31.9 cm³/mol. The Morgan fingerprint density at radius 3 is 2.86 bits per heavy atom. The quantitative estimate of drug-likeness (QED) is 0.492. The molecule has 0 radical (unpaired) electrons. The molecule has 0 atom stereocenters. The monoisotopic (exact) mass is 100 g/mol. The third kappa shape index (κ3) is 5.50. The SMILES string of the molecule is CCNC/C=C\N. The molecule has 7 heavy (non-hydrogen) atoms. The van der Waals surface area contributed by atoms with E-state index in [-0.39, 0.29) is 0 Å². The van der Waals surface area contributed by atoms with Gasteiger partial charge in [0.05, 0.1) is 0 Å². The highest BCUT2D eigenvalue weighted by molar-refractivity contribution is 4.77. The van der Waals surface area contributed by atoms with Crippen molar-refractivity contribution in [2.45, 2.75) is 6.92 Å². The van der Waals surface area contributed by atoms with Crippen molar-refractivity contribution in [2.75, 3.05) is 13.1 Å². The molecule has 0 aliphatic heterocycles. The summed E-state index contributed by atoms with van der Waals surface area (Å²) in [5.41, 5.74) is 5.05. The predicted octanol–water partition coefficient (Wildman–Crippen LogP) is 0.0683. The highest BCUT2D eigenvalue weighted by Crippen LogP contribution is 1.58. The van der Waals surface area contributed by atoms with E-state index < -0.39 is 0 Å². The van der Waals surface area contributed by atoms with Crippen LogP contribution < -0.4 is 11.1 Å². The van der Waals surface area contributed by atoms with Crippen LogP contribution in [0.1, 0.15) is 6.92 Å². The molecule has 0 spiro atoms. The molecular weight excluding hydrogens is 88.1 g/mol. The lowest BCUT2D eigenvalue weighted by molar-refractivity contribution is 0.798. The van der Waals surface area contributed by atoms with Gasteiger partial charge >= 0.3 is 0 Å². The number of rotatable bonds is 3. The molecule has 0 bridgehead atoms. The molecule has 0 aromatic rings. The van der Waals surface area contributed by atoms with Crippen LogP contribution in [-0.4, -0.2) is 13.1 Å². The Labute approximate surface area is 44.4 Å². The molecule has 0 rings (SSSR count). The second-order valence-corrected chi connectivity index (χ2v) is 1.24. The van der Waals surface area contributed by atoms with Gasteiger partial charge in [0.15, 0.2) is 0 Å². The molecule has 0 aromatic carbocycles. The minimum Gasteiger partial charge on any atom is -0.405 e. The van der Waals surface area contributed by atoms with Crippen molar-refractivity contribution < 1.29 is 0 Å². The van der Waals surface area contributed by atoms with Gasteiger partial charge in [0.2, 0.25) is 0 Å². The fourth-order valence-corrected chi connectivity index (χ4v) is 0.296. The fraction of sp³-hybridized carbons (Fsp3) is 0.600. The van der Waals surface area contributed by atoms with Gasteiger partial charge in [0.1, 0.15) is 0 Å². The van der Waals surface area contributed by atoms with Crippen molar-refractivity contribution in [3.8, 4) is 0 Å². The number of hydrogen-bond donors (Lipinski definition) is 2. The summed E-state index contributed by atoms with van der Waals surface area (Å²) in [6, 6.07) is 0. The maximum atomic E-state index is 5.05. The summed E-state index contributed by atoms with van der Waals surface area (Å²) in [5.74, 6) is 0. The maximum Gasteiger partial charge on any atom is 0.0151 e. The van der Waals surface area contributed by atoms with Gasteiger partial charge in [-0.05, 0) is 12.7 Å². The third-order valence-corrected chi connectivity index (χ3v) is 0.648. The Hall–Kier alpha value is -0.500. The lowest BCUT2D eigenvalue weighted by Crippen LogP contribution is -2.11. The van der Waals surface area contributed by atoms with Gasteiger partial charge in [-0.2, -0.15) is 0 Å². The lowest BCUT2D eigenvalue weighted by atomic mass is 10.6. The number of hydrogen-bond acceptors (Lipinski definition) is 2. The van der Waals surface area contributed by atoms with Crippen LogP contribution in [0.15, 0.2) is 12.3 Å². The lowest BCUT2D eigenvalue weighted by Gasteiger charge is -1.89. The van der Waals surface area contributed by atoms with Crippen molar-refractivity contribution in [3.05, 3.63) is 12.3 Å². The highest BCUT2D eigenvalue weighted by Gasteiger charge is 1.69. The first-order chi connectivity index (χ1) is 3.41. The first-order valence-corrected chi connectivity index (χ1v) is 2.49. The molecule has 0 unspecified atom stereocenters. The summed E-state index contributed by atoms with van der Waals surface area (Å²) in [7, 11) is 0. The summed E-state index contributed by atoms with van der Waals surface area (Å²) in [6.45, 7) is 3.95. The zero-order valence-electron chi connectivity index (χ0n) is 4.65. The molecule has 0 aliphatic carbocycles. The van der Waals surface area contributed by atoms with E-state index in [4.69, 9.17) is 5.73 Å². The highest BCUT2D eigenvalue weighted by atomic mass is 14.8. The second kappa shape index (κ2) is 5.50. The summed E-state index contributed by atoms with van der Waals surface area (Å²) in [5, 5.41) is 3.08. The normalized spacial score (nSPS) is 10.4. The molecule has 0 aromatic heterocycles. The van der Waals surface area contributed by atoms with Crippen molar-refractivity contribution in [1.29, 1.82) is 0 Å². The van der Waals surface area contributed by atoms with Gasteiger partial charge in [0.25, 0.3) is 0 Å². The molecule has 2 heteroatoms. The minimum atomic E-state index is 0.882. The molecule has 3 N–H and O–H groups in total. The van der Waals surface area contributed by atoms with Crippen LogP contribution in [0, 0.1) is 0 Å². The van der Waals surface area contributed by atoms with Crippen LogP contribution in [0.4, 0.5) is 0 Å². The van der Waals surface area contributed by atoms with Crippen molar-refractivity contribution in [3.63, 3.8) is 0 Å². The molecular formula is C5H12N2. The van der Waals surface area contributed by atoms with Crippen LogP contribution in [0.3, 0.4) is 0 Å². The Bertz CT molecular complexity index is 50.0. The topological polar surface area (TPSA) is 38.0 Å². The first-order valence-electron chi connectivity index (χ1n) is 2.49. The Kier molecular flexibility index (Phi) is 5.11. The standard InChI is InChI=1S/C5H12N2/c1-2-7-5-3-4-6/h3-4,7H,2,5-6H2,1H3/b4-3-. The summed E-state index contributed by atoms with van der Waals surface area (Å²) < 4.78 is 0. The zero-order valence-corrected chi connectivity index (χ0v) is 4.65. The van der Waals surface area contributed by atoms with E-state index in [1.807, 2.05) is 6.08 Å². The van der Waals surface area contributed by atoms with Crippen LogP contribution >= 0.6 is 0 Å². The fourth-order valence-electron chi connectivity index (χ4n) is 0.296. The summed E-state index contributed by atoms with van der Waals surface area (Å²) in [6.07, 6.45) is 3.42. The van der Waals surface area contributed by atoms with E-state index in [1.54, 1.807) is 6.20 Å². The largest absolute Gasteiger partial charge is 0.405 e. The molecule has 0 saturated heterocycles. The molecule has 0 saturated carbocycles. The maximum absolute atomic E-state index is 5.05. The van der Waals surface area contributed by atoms with Crippen molar-refractivity contribution in [2.24, 2.45) is 5.73 Å². The summed E-state index contributed by atoms with van der Waals surface area (Å²) >= 11 is 0. The number of nitrogens with two attached hydrogens (primary N) is 1. The van der Waals surface area contributed by atoms with Crippen molar-refractivity contribution in [1.82, 2.24) is 5.32 Å². The smallest absolute Gasteiger partial charge is 0.0151 e. The van der Waals surface area contributed by atoms with E-state index in [9.17, 15) is 0 Å². The zero-order chi connectivity index (χ0) is 5.54. The average Bonchev–Trinajstić information content (AvgIpc) is 1.69. The molecule has 0 amide bonds. The van der Waals surface area contributed by atoms with E-state index in [1.165, 1.54) is 0 Å². The van der Waals surface area contributed by atoms with Crippen LogP contribution in [-0.2, 0) is 0 Å². The molecule has 42 valence electrons. The van der Waals surface area contributed by atoms with E-state index in [2.05, 4.69) is 12.2 Å². The van der Waals surface area contributed by atoms with Gasteiger partial charge in [-0.25, -0.2) is 0 Å². The Morgan fingerprint density at radius 2 is 2.43 bits per heavy atom. The third-order valence-electron chi connectivity index (χ3n) is 0.648. The van der Waals surface area contributed by atoms with Crippen LogP contribution in [0.2, 0.25) is 0 Å². The van der Waals surface area contributed by atoms with Gasteiger partial charge in [-0.15, -0.1) is 0 Å².